The maximum absolute atomic E-state index is 12.3. The van der Waals surface area contributed by atoms with Crippen molar-refractivity contribution in [1.82, 2.24) is 0 Å². The summed E-state index contributed by atoms with van der Waals surface area (Å²) in [6, 6.07) is 13.6. The highest BCUT2D eigenvalue weighted by Gasteiger charge is 2.09. The first-order valence-electron chi connectivity index (χ1n) is 9.05. The molecule has 0 aliphatic heterocycles. The predicted octanol–water partition coefficient (Wildman–Crippen LogP) is 4.21. The van der Waals surface area contributed by atoms with Gasteiger partial charge in [-0.2, -0.15) is 0 Å². The molecule has 0 spiro atoms. The van der Waals surface area contributed by atoms with Crippen molar-refractivity contribution in [3.05, 3.63) is 53.6 Å². The molecule has 0 bridgehead atoms. The Kier molecular flexibility index (Phi) is 7.21. The number of para-hydroxylation sites is 1. The second-order valence-electron chi connectivity index (χ2n) is 6.14. The monoisotopic (exact) mass is 353 g/mol. The third kappa shape index (κ3) is 5.62. The van der Waals surface area contributed by atoms with Crippen LogP contribution in [-0.4, -0.2) is 18.4 Å². The maximum Gasteiger partial charge on any atom is 0.226 e. The fourth-order valence-corrected chi connectivity index (χ4v) is 2.80. The van der Waals surface area contributed by atoms with Gasteiger partial charge in [-0.1, -0.05) is 32.0 Å². The molecule has 0 saturated carbocycles. The number of anilines is 3. The molecule has 0 radical (unpaired) electrons. The van der Waals surface area contributed by atoms with Crippen molar-refractivity contribution >= 4 is 28.9 Å². The lowest BCUT2D eigenvalue weighted by molar-refractivity contribution is -0.116. The Morgan fingerprint density at radius 1 is 0.846 bits per heavy atom. The Morgan fingerprint density at radius 2 is 1.42 bits per heavy atom. The van der Waals surface area contributed by atoms with Crippen molar-refractivity contribution in [2.75, 3.05) is 22.5 Å². The lowest BCUT2D eigenvalue weighted by atomic mass is 10.0. The topological polar surface area (TPSA) is 70.2 Å². The molecule has 2 aromatic carbocycles. The first-order valence-corrected chi connectivity index (χ1v) is 9.05. The van der Waals surface area contributed by atoms with Gasteiger partial charge in [0.2, 0.25) is 11.8 Å². The van der Waals surface area contributed by atoms with E-state index in [0.29, 0.717) is 13.0 Å². The van der Waals surface area contributed by atoms with Crippen LogP contribution in [0.2, 0.25) is 0 Å². The molecule has 0 unspecified atom stereocenters. The molecule has 3 N–H and O–H groups in total. The van der Waals surface area contributed by atoms with E-state index < -0.39 is 0 Å². The number of carbonyl (C=O) groups excluding carboxylic acids is 2. The summed E-state index contributed by atoms with van der Waals surface area (Å²) in [5.41, 5.74) is 4.96. The van der Waals surface area contributed by atoms with Crippen molar-refractivity contribution in [2.45, 2.75) is 40.0 Å². The fourth-order valence-electron chi connectivity index (χ4n) is 2.80. The van der Waals surface area contributed by atoms with Crippen LogP contribution in [-0.2, 0) is 22.4 Å². The van der Waals surface area contributed by atoms with E-state index in [2.05, 4.69) is 41.9 Å². The molecule has 0 saturated heterocycles. The lowest BCUT2D eigenvalue weighted by Gasteiger charge is -2.14. The zero-order chi connectivity index (χ0) is 18.9. The maximum atomic E-state index is 12.3. The molecule has 5 nitrogen and oxygen atoms in total. The number of aryl methyl sites for hydroxylation is 2. The van der Waals surface area contributed by atoms with Crippen LogP contribution >= 0.6 is 0 Å². The molecular weight excluding hydrogens is 326 g/mol. The van der Waals surface area contributed by atoms with Crippen LogP contribution in [0.1, 0.15) is 38.3 Å². The normalized spacial score (nSPS) is 10.3. The zero-order valence-electron chi connectivity index (χ0n) is 15.7. The third-order valence-electron chi connectivity index (χ3n) is 4.15. The van der Waals surface area contributed by atoms with E-state index in [1.54, 1.807) is 0 Å². The number of benzene rings is 2. The minimum atomic E-state index is -0.0961. The molecule has 0 aromatic heterocycles. The Labute approximate surface area is 155 Å². The van der Waals surface area contributed by atoms with Gasteiger partial charge in [0.05, 0.1) is 0 Å². The fraction of sp³-hybridized carbons (Fsp3) is 0.333. The molecule has 2 amide bonds. The molecule has 138 valence electrons. The number of carbonyl (C=O) groups is 2. The third-order valence-corrected chi connectivity index (χ3v) is 4.15. The van der Waals surface area contributed by atoms with Gasteiger partial charge in [-0.3, -0.25) is 9.59 Å². The van der Waals surface area contributed by atoms with Crippen LogP contribution < -0.4 is 16.0 Å². The van der Waals surface area contributed by atoms with E-state index in [9.17, 15) is 9.59 Å². The summed E-state index contributed by atoms with van der Waals surface area (Å²) in [6.45, 7) is 6.21. The minimum absolute atomic E-state index is 0.00275. The predicted molar refractivity (Wildman–Crippen MR) is 108 cm³/mol. The van der Waals surface area contributed by atoms with Gasteiger partial charge < -0.3 is 16.0 Å². The second kappa shape index (κ2) is 9.61. The summed E-state index contributed by atoms with van der Waals surface area (Å²) >= 11 is 0. The first kappa shape index (κ1) is 19.5. The van der Waals surface area contributed by atoms with Gasteiger partial charge in [0, 0.05) is 37.0 Å². The number of rotatable bonds is 8. The first-order chi connectivity index (χ1) is 12.5. The quantitative estimate of drug-likeness (QED) is 0.666. The Bertz CT molecular complexity index is 732. The number of nitrogens with one attached hydrogen (secondary N) is 3. The van der Waals surface area contributed by atoms with Gasteiger partial charge in [0.1, 0.15) is 0 Å². The Morgan fingerprint density at radius 3 is 1.96 bits per heavy atom. The van der Waals surface area contributed by atoms with Crippen molar-refractivity contribution in [2.24, 2.45) is 0 Å². The SMILES string of the molecule is CCc1cccc(CC)c1NC(=O)CCNc1ccc(NC(C)=O)cc1. The zero-order valence-corrected chi connectivity index (χ0v) is 15.7. The van der Waals surface area contributed by atoms with Crippen LogP contribution in [0.3, 0.4) is 0 Å². The van der Waals surface area contributed by atoms with Crippen LogP contribution in [0, 0.1) is 0 Å². The second-order valence-corrected chi connectivity index (χ2v) is 6.14. The standard InChI is InChI=1S/C21H27N3O2/c1-4-16-7-6-8-17(5-2)21(16)24-20(26)13-14-22-18-9-11-19(12-10-18)23-15(3)25/h6-12,22H,4-5,13-14H2,1-3H3,(H,23,25)(H,24,26). The van der Waals surface area contributed by atoms with Gasteiger partial charge in [-0.15, -0.1) is 0 Å². The van der Waals surface area contributed by atoms with E-state index in [1.165, 1.54) is 18.1 Å². The van der Waals surface area contributed by atoms with E-state index >= 15 is 0 Å². The smallest absolute Gasteiger partial charge is 0.226 e. The molecule has 0 aliphatic carbocycles. The van der Waals surface area contributed by atoms with Crippen molar-refractivity contribution in [3.8, 4) is 0 Å². The van der Waals surface area contributed by atoms with E-state index in [0.717, 1.165) is 29.9 Å². The highest BCUT2D eigenvalue weighted by atomic mass is 16.2. The van der Waals surface area contributed by atoms with Crippen LogP contribution in [0.25, 0.3) is 0 Å². The van der Waals surface area contributed by atoms with Crippen LogP contribution in [0.5, 0.6) is 0 Å². The molecule has 2 rings (SSSR count). The average molecular weight is 353 g/mol. The van der Waals surface area contributed by atoms with Crippen LogP contribution in [0.15, 0.2) is 42.5 Å². The van der Waals surface area contributed by atoms with E-state index in [-0.39, 0.29) is 11.8 Å². The summed E-state index contributed by atoms with van der Waals surface area (Å²) in [7, 11) is 0. The summed E-state index contributed by atoms with van der Waals surface area (Å²) < 4.78 is 0. The van der Waals surface area contributed by atoms with Gasteiger partial charge in [-0.05, 0) is 48.2 Å². The molecule has 26 heavy (non-hydrogen) atoms. The average Bonchev–Trinajstić information content (AvgIpc) is 2.63. The lowest BCUT2D eigenvalue weighted by Crippen LogP contribution is -2.18. The molecule has 0 fully saturated rings. The van der Waals surface area contributed by atoms with Crippen molar-refractivity contribution < 1.29 is 9.59 Å². The largest absolute Gasteiger partial charge is 0.385 e. The molecule has 0 atom stereocenters. The van der Waals surface area contributed by atoms with E-state index in [1.807, 2.05) is 30.3 Å². The molecule has 2 aromatic rings. The minimum Gasteiger partial charge on any atom is -0.385 e. The molecule has 5 heteroatoms. The summed E-state index contributed by atoms with van der Waals surface area (Å²) in [4.78, 5) is 23.3. The van der Waals surface area contributed by atoms with E-state index in [4.69, 9.17) is 0 Å². The number of hydrogen-bond acceptors (Lipinski definition) is 3. The molecular formula is C21H27N3O2. The van der Waals surface area contributed by atoms with Crippen molar-refractivity contribution in [1.29, 1.82) is 0 Å². The van der Waals surface area contributed by atoms with Gasteiger partial charge in [-0.25, -0.2) is 0 Å². The Hall–Kier alpha value is -2.82. The van der Waals surface area contributed by atoms with Crippen molar-refractivity contribution in [3.63, 3.8) is 0 Å². The highest BCUT2D eigenvalue weighted by Crippen LogP contribution is 2.22. The van der Waals surface area contributed by atoms with Gasteiger partial charge in [0.15, 0.2) is 0 Å². The number of hydrogen-bond donors (Lipinski definition) is 3. The van der Waals surface area contributed by atoms with Gasteiger partial charge >= 0.3 is 0 Å². The summed E-state index contributed by atoms with van der Waals surface area (Å²) in [5.74, 6) is -0.0934. The Balaban J connectivity index is 1.87. The molecule has 0 aliphatic rings. The summed E-state index contributed by atoms with van der Waals surface area (Å²) in [5, 5.41) is 9.02. The number of amides is 2. The van der Waals surface area contributed by atoms with Crippen LogP contribution in [0.4, 0.5) is 17.1 Å². The summed E-state index contributed by atoms with van der Waals surface area (Å²) in [6.07, 6.45) is 2.17. The molecule has 0 heterocycles. The van der Waals surface area contributed by atoms with Gasteiger partial charge in [0.25, 0.3) is 0 Å². The highest BCUT2D eigenvalue weighted by molar-refractivity contribution is 5.92.